The fourth-order valence-electron chi connectivity index (χ4n) is 2.47. The minimum Gasteiger partial charge on any atom is -0.382 e. The highest BCUT2D eigenvalue weighted by atomic mass is 16.5. The van der Waals surface area contributed by atoms with Crippen LogP contribution in [0, 0.1) is 12.8 Å². The molecule has 0 spiro atoms. The maximum atomic E-state index is 5.44. The summed E-state index contributed by atoms with van der Waals surface area (Å²) in [7, 11) is 0. The highest BCUT2D eigenvalue weighted by Crippen LogP contribution is 2.22. The summed E-state index contributed by atoms with van der Waals surface area (Å²) in [5.41, 5.74) is 4.06. The quantitative estimate of drug-likeness (QED) is 0.860. The van der Waals surface area contributed by atoms with Crippen molar-refractivity contribution in [1.82, 2.24) is 0 Å². The second-order valence-corrected chi connectivity index (χ2v) is 5.05. The molecule has 0 radical (unpaired) electrons. The summed E-state index contributed by atoms with van der Waals surface area (Å²) in [4.78, 5) is 0. The van der Waals surface area contributed by atoms with Gasteiger partial charge >= 0.3 is 0 Å². The largest absolute Gasteiger partial charge is 0.382 e. The molecule has 17 heavy (non-hydrogen) atoms. The number of benzene rings is 1. The van der Waals surface area contributed by atoms with Crippen LogP contribution in [-0.4, -0.2) is 19.3 Å². The van der Waals surface area contributed by atoms with Gasteiger partial charge in [0.25, 0.3) is 0 Å². The van der Waals surface area contributed by atoms with E-state index in [0.29, 0.717) is 12.0 Å². The summed E-state index contributed by atoms with van der Waals surface area (Å²) < 4.78 is 5.44. The lowest BCUT2D eigenvalue weighted by Gasteiger charge is -2.21. The Balaban J connectivity index is 2.02. The van der Waals surface area contributed by atoms with Gasteiger partial charge in [-0.1, -0.05) is 13.0 Å². The monoisotopic (exact) mass is 233 g/mol. The van der Waals surface area contributed by atoms with Crippen LogP contribution in [0.15, 0.2) is 18.2 Å². The number of rotatable bonds is 4. The molecule has 0 aromatic heterocycles. The van der Waals surface area contributed by atoms with Gasteiger partial charge < -0.3 is 10.1 Å². The van der Waals surface area contributed by atoms with Gasteiger partial charge in [0.05, 0.1) is 6.61 Å². The van der Waals surface area contributed by atoms with Crippen molar-refractivity contribution in [2.24, 2.45) is 5.92 Å². The second kappa shape index (κ2) is 5.54. The number of aryl methyl sites for hydroxylation is 2. The van der Waals surface area contributed by atoms with E-state index < -0.39 is 0 Å². The van der Waals surface area contributed by atoms with Crippen LogP contribution in [-0.2, 0) is 11.2 Å². The Labute approximate surface area is 104 Å². The van der Waals surface area contributed by atoms with E-state index >= 15 is 0 Å². The van der Waals surface area contributed by atoms with Gasteiger partial charge in [-0.2, -0.15) is 0 Å². The molecule has 1 aliphatic rings. The van der Waals surface area contributed by atoms with Crippen molar-refractivity contribution < 1.29 is 4.74 Å². The number of ether oxygens (including phenoxy) is 1. The van der Waals surface area contributed by atoms with Crippen LogP contribution in [0.4, 0.5) is 5.69 Å². The molecular weight excluding hydrogens is 210 g/mol. The van der Waals surface area contributed by atoms with E-state index in [2.05, 4.69) is 44.3 Å². The van der Waals surface area contributed by atoms with Crippen LogP contribution < -0.4 is 5.32 Å². The molecule has 2 rings (SSSR count). The van der Waals surface area contributed by atoms with Crippen molar-refractivity contribution in [2.45, 2.75) is 39.7 Å². The molecule has 2 unspecified atom stereocenters. The molecule has 0 amide bonds. The lowest BCUT2D eigenvalue weighted by atomic mass is 9.99. The van der Waals surface area contributed by atoms with Gasteiger partial charge in [-0.25, -0.2) is 0 Å². The van der Waals surface area contributed by atoms with Crippen LogP contribution >= 0.6 is 0 Å². The van der Waals surface area contributed by atoms with Gasteiger partial charge in [-0.05, 0) is 49.9 Å². The van der Waals surface area contributed by atoms with Crippen LogP contribution in [0.5, 0.6) is 0 Å². The molecule has 0 bridgehead atoms. The molecule has 0 aliphatic carbocycles. The Bertz CT molecular complexity index is 369. The first-order valence-electron chi connectivity index (χ1n) is 6.64. The topological polar surface area (TPSA) is 21.3 Å². The number of anilines is 1. The maximum Gasteiger partial charge on any atom is 0.0514 e. The summed E-state index contributed by atoms with van der Waals surface area (Å²) in [6, 6.07) is 7.16. The zero-order chi connectivity index (χ0) is 12.3. The molecule has 1 aromatic carbocycles. The summed E-state index contributed by atoms with van der Waals surface area (Å²) in [5, 5.41) is 3.61. The van der Waals surface area contributed by atoms with Gasteiger partial charge in [0.2, 0.25) is 0 Å². The third-order valence-corrected chi connectivity index (χ3v) is 3.80. The average molecular weight is 233 g/mol. The average Bonchev–Trinajstić information content (AvgIpc) is 2.85. The molecule has 1 fully saturated rings. The summed E-state index contributed by atoms with van der Waals surface area (Å²) >= 11 is 0. The Morgan fingerprint density at radius 1 is 1.47 bits per heavy atom. The molecule has 1 aliphatic heterocycles. The van der Waals surface area contributed by atoms with Crippen molar-refractivity contribution in [1.29, 1.82) is 0 Å². The van der Waals surface area contributed by atoms with Crippen LogP contribution in [0.2, 0.25) is 0 Å². The molecule has 1 N–H and O–H groups in total. The highest BCUT2D eigenvalue weighted by Gasteiger charge is 2.22. The molecule has 94 valence electrons. The van der Waals surface area contributed by atoms with E-state index in [1.807, 2.05) is 0 Å². The fraction of sp³-hybridized carbons (Fsp3) is 0.600. The molecule has 2 atom stereocenters. The summed E-state index contributed by atoms with van der Waals surface area (Å²) in [6.07, 6.45) is 2.28. The van der Waals surface area contributed by atoms with Crippen molar-refractivity contribution in [3.8, 4) is 0 Å². The first-order chi connectivity index (χ1) is 8.20. The first-order valence-corrected chi connectivity index (χ1v) is 6.64. The van der Waals surface area contributed by atoms with Crippen molar-refractivity contribution in [2.75, 3.05) is 18.5 Å². The summed E-state index contributed by atoms with van der Waals surface area (Å²) in [6.45, 7) is 8.47. The zero-order valence-corrected chi connectivity index (χ0v) is 11.1. The van der Waals surface area contributed by atoms with E-state index in [9.17, 15) is 0 Å². The predicted octanol–water partition coefficient (Wildman–Crippen LogP) is 3.39. The van der Waals surface area contributed by atoms with Gasteiger partial charge in [0.1, 0.15) is 0 Å². The highest BCUT2D eigenvalue weighted by molar-refractivity contribution is 5.49. The number of nitrogens with one attached hydrogen (secondary N) is 1. The Hall–Kier alpha value is -1.02. The van der Waals surface area contributed by atoms with E-state index in [1.54, 1.807) is 0 Å². The normalized spacial score (nSPS) is 21.5. The smallest absolute Gasteiger partial charge is 0.0514 e. The van der Waals surface area contributed by atoms with Crippen LogP contribution in [0.1, 0.15) is 31.4 Å². The van der Waals surface area contributed by atoms with E-state index in [0.717, 1.165) is 19.6 Å². The van der Waals surface area contributed by atoms with Gasteiger partial charge in [0.15, 0.2) is 0 Å². The van der Waals surface area contributed by atoms with Gasteiger partial charge in [0, 0.05) is 24.3 Å². The van der Waals surface area contributed by atoms with Gasteiger partial charge in [-0.3, -0.25) is 0 Å². The minimum absolute atomic E-state index is 0.491. The first kappa shape index (κ1) is 12.4. The Morgan fingerprint density at radius 3 is 2.94 bits per heavy atom. The fourth-order valence-corrected chi connectivity index (χ4v) is 2.47. The SMILES string of the molecule is CCc1cc(NC(C)C2CCOC2)ccc1C. The predicted molar refractivity (Wildman–Crippen MR) is 72.6 cm³/mol. The Morgan fingerprint density at radius 2 is 2.29 bits per heavy atom. The van der Waals surface area contributed by atoms with E-state index in [1.165, 1.54) is 23.2 Å². The maximum absolute atomic E-state index is 5.44. The molecule has 1 aromatic rings. The number of hydrogen-bond acceptors (Lipinski definition) is 2. The van der Waals surface area contributed by atoms with Crippen LogP contribution in [0.25, 0.3) is 0 Å². The zero-order valence-electron chi connectivity index (χ0n) is 11.1. The minimum atomic E-state index is 0.491. The molecule has 2 nitrogen and oxygen atoms in total. The van der Waals surface area contributed by atoms with Crippen molar-refractivity contribution in [3.05, 3.63) is 29.3 Å². The van der Waals surface area contributed by atoms with Crippen molar-refractivity contribution in [3.63, 3.8) is 0 Å². The lowest BCUT2D eigenvalue weighted by molar-refractivity contribution is 0.183. The third-order valence-electron chi connectivity index (χ3n) is 3.80. The van der Waals surface area contributed by atoms with E-state index in [4.69, 9.17) is 4.74 Å². The standard InChI is InChI=1S/C15H23NO/c1-4-13-9-15(6-5-11(13)2)16-12(3)14-7-8-17-10-14/h5-6,9,12,14,16H,4,7-8,10H2,1-3H3. The summed E-state index contributed by atoms with van der Waals surface area (Å²) in [5.74, 6) is 0.654. The molecular formula is C15H23NO. The van der Waals surface area contributed by atoms with Crippen LogP contribution in [0.3, 0.4) is 0 Å². The van der Waals surface area contributed by atoms with Gasteiger partial charge in [-0.15, -0.1) is 0 Å². The lowest BCUT2D eigenvalue weighted by Crippen LogP contribution is -2.26. The molecule has 1 saturated heterocycles. The number of hydrogen-bond donors (Lipinski definition) is 1. The second-order valence-electron chi connectivity index (χ2n) is 5.05. The van der Waals surface area contributed by atoms with Crippen molar-refractivity contribution >= 4 is 5.69 Å². The molecule has 2 heteroatoms. The third kappa shape index (κ3) is 3.01. The molecule has 1 heterocycles. The molecule has 0 saturated carbocycles. The Kier molecular flexibility index (Phi) is 4.06. The van der Waals surface area contributed by atoms with E-state index in [-0.39, 0.29) is 0 Å².